The smallest absolute Gasteiger partial charge is 0.244 e. The molecular formula is C16H20N8O. The summed E-state index contributed by atoms with van der Waals surface area (Å²) in [7, 11) is 1.90. The van der Waals surface area contributed by atoms with E-state index in [0.717, 1.165) is 49.2 Å². The first-order valence-electron chi connectivity index (χ1n) is 8.22. The zero-order chi connectivity index (χ0) is 17.1. The number of rotatable bonds is 5. The van der Waals surface area contributed by atoms with Gasteiger partial charge in [0.15, 0.2) is 0 Å². The van der Waals surface area contributed by atoms with Crippen LogP contribution >= 0.6 is 0 Å². The largest absolute Gasteiger partial charge is 0.378 e. The van der Waals surface area contributed by atoms with E-state index in [1.165, 1.54) is 0 Å². The van der Waals surface area contributed by atoms with Crippen molar-refractivity contribution >= 4 is 11.9 Å². The Hall–Kier alpha value is -2.94. The molecule has 0 radical (unpaired) electrons. The van der Waals surface area contributed by atoms with Gasteiger partial charge in [0.25, 0.3) is 0 Å². The van der Waals surface area contributed by atoms with Crippen molar-refractivity contribution in [1.82, 2.24) is 29.9 Å². The normalized spacial score (nSPS) is 14.7. The fourth-order valence-corrected chi connectivity index (χ4v) is 2.79. The molecule has 3 aromatic heterocycles. The Balaban J connectivity index is 1.41. The number of nitrogens with zero attached hydrogens (tertiary/aromatic N) is 6. The highest BCUT2D eigenvalue weighted by Gasteiger charge is 2.17. The average Bonchev–Trinajstić information content (AvgIpc) is 3.28. The maximum atomic E-state index is 5.38. The molecule has 3 aromatic rings. The summed E-state index contributed by atoms with van der Waals surface area (Å²) in [5.74, 6) is 1.46. The molecular weight excluding hydrogens is 320 g/mol. The van der Waals surface area contributed by atoms with Crippen LogP contribution in [0.2, 0.25) is 0 Å². The van der Waals surface area contributed by atoms with Crippen LogP contribution in [-0.4, -0.2) is 56.2 Å². The molecule has 0 unspecified atom stereocenters. The van der Waals surface area contributed by atoms with E-state index in [0.29, 0.717) is 12.5 Å². The Kier molecular flexibility index (Phi) is 4.30. The van der Waals surface area contributed by atoms with Gasteiger partial charge >= 0.3 is 0 Å². The molecule has 2 N–H and O–H groups in total. The number of aromatic amines is 1. The third-order valence-corrected chi connectivity index (χ3v) is 4.08. The molecule has 0 aliphatic carbocycles. The number of H-pyrrole nitrogens is 1. The minimum atomic E-state index is 0.574. The first-order valence-corrected chi connectivity index (χ1v) is 8.22. The topological polar surface area (TPSA) is 96.8 Å². The Morgan fingerprint density at radius 3 is 2.84 bits per heavy atom. The number of aromatic nitrogens is 6. The second kappa shape index (κ2) is 6.89. The lowest BCUT2D eigenvalue weighted by Gasteiger charge is -2.26. The Labute approximate surface area is 145 Å². The van der Waals surface area contributed by atoms with Crippen molar-refractivity contribution in [3.63, 3.8) is 0 Å². The van der Waals surface area contributed by atoms with Gasteiger partial charge in [-0.2, -0.15) is 10.1 Å². The maximum Gasteiger partial charge on any atom is 0.244 e. The van der Waals surface area contributed by atoms with E-state index < -0.39 is 0 Å². The summed E-state index contributed by atoms with van der Waals surface area (Å²) in [6.45, 7) is 3.69. The molecule has 25 heavy (non-hydrogen) atoms. The van der Waals surface area contributed by atoms with E-state index in [2.05, 4.69) is 35.5 Å². The number of hydrogen-bond acceptors (Lipinski definition) is 7. The number of ether oxygens (including phenoxy) is 1. The monoisotopic (exact) mass is 340 g/mol. The van der Waals surface area contributed by atoms with Gasteiger partial charge in [0.2, 0.25) is 11.9 Å². The van der Waals surface area contributed by atoms with Crippen LogP contribution in [0, 0.1) is 0 Å². The van der Waals surface area contributed by atoms with Gasteiger partial charge in [-0.15, -0.1) is 5.10 Å². The number of nitrogens with one attached hydrogen (secondary N) is 2. The van der Waals surface area contributed by atoms with Gasteiger partial charge < -0.3 is 15.0 Å². The highest BCUT2D eigenvalue weighted by molar-refractivity contribution is 5.58. The molecule has 1 aliphatic heterocycles. The lowest BCUT2D eigenvalue weighted by atomic mass is 10.2. The number of anilines is 2. The number of morpholine rings is 1. The summed E-state index contributed by atoms with van der Waals surface area (Å²) in [5.41, 5.74) is 2.89. The lowest BCUT2D eigenvalue weighted by molar-refractivity contribution is 0.121. The van der Waals surface area contributed by atoms with E-state index in [9.17, 15) is 0 Å². The molecule has 0 aromatic carbocycles. The van der Waals surface area contributed by atoms with Gasteiger partial charge in [-0.05, 0) is 18.2 Å². The molecule has 0 saturated carbocycles. The third kappa shape index (κ3) is 3.45. The van der Waals surface area contributed by atoms with Crippen LogP contribution in [0.3, 0.4) is 0 Å². The summed E-state index contributed by atoms with van der Waals surface area (Å²) >= 11 is 0. The van der Waals surface area contributed by atoms with Crippen molar-refractivity contribution in [2.45, 2.75) is 6.54 Å². The van der Waals surface area contributed by atoms with Crippen LogP contribution in [-0.2, 0) is 18.3 Å². The van der Waals surface area contributed by atoms with Gasteiger partial charge in [-0.3, -0.25) is 10.1 Å². The lowest BCUT2D eigenvalue weighted by Crippen LogP contribution is -2.37. The highest BCUT2D eigenvalue weighted by atomic mass is 16.5. The Bertz CT molecular complexity index is 822. The summed E-state index contributed by atoms with van der Waals surface area (Å²) in [5, 5.41) is 15.0. The van der Waals surface area contributed by atoms with Gasteiger partial charge in [0.1, 0.15) is 0 Å². The summed E-state index contributed by atoms with van der Waals surface area (Å²) < 4.78 is 7.18. The first-order chi connectivity index (χ1) is 12.3. The van der Waals surface area contributed by atoms with Crippen LogP contribution in [0.4, 0.5) is 11.9 Å². The standard InChI is InChI=1S/C16H20N8O/c1-23-16(24-6-8-25-9-7-24)19-15(22-23)18-11-13-10-14(21-20-13)12-2-4-17-5-3-12/h2-5,10H,6-9,11H2,1H3,(H,18,22)(H,20,21). The maximum absolute atomic E-state index is 5.38. The van der Waals surface area contributed by atoms with Crippen molar-refractivity contribution < 1.29 is 4.74 Å². The van der Waals surface area contributed by atoms with Crippen LogP contribution in [0.25, 0.3) is 11.3 Å². The molecule has 0 amide bonds. The molecule has 1 saturated heterocycles. The number of pyridine rings is 1. The number of hydrogen-bond donors (Lipinski definition) is 2. The molecule has 130 valence electrons. The third-order valence-electron chi connectivity index (χ3n) is 4.08. The summed E-state index contributed by atoms with van der Waals surface area (Å²) in [6, 6.07) is 5.87. The second-order valence-corrected chi connectivity index (χ2v) is 5.83. The van der Waals surface area contributed by atoms with Crippen LogP contribution in [0.5, 0.6) is 0 Å². The fraction of sp³-hybridized carbons (Fsp3) is 0.375. The average molecular weight is 340 g/mol. The van der Waals surface area contributed by atoms with Crippen molar-refractivity contribution in [2.24, 2.45) is 7.05 Å². The predicted octanol–water partition coefficient (Wildman–Crippen LogP) is 1.05. The van der Waals surface area contributed by atoms with Gasteiger partial charge in [0, 0.05) is 38.1 Å². The summed E-state index contributed by atoms with van der Waals surface area (Å²) in [6.07, 6.45) is 3.51. The Morgan fingerprint density at radius 1 is 1.24 bits per heavy atom. The van der Waals surface area contributed by atoms with E-state index in [1.54, 1.807) is 17.1 Å². The van der Waals surface area contributed by atoms with Crippen molar-refractivity contribution in [3.05, 3.63) is 36.3 Å². The minimum Gasteiger partial charge on any atom is -0.378 e. The van der Waals surface area contributed by atoms with Crippen molar-refractivity contribution in [3.8, 4) is 11.3 Å². The van der Waals surface area contributed by atoms with E-state index in [1.807, 2.05) is 25.2 Å². The van der Waals surface area contributed by atoms with Crippen molar-refractivity contribution in [1.29, 1.82) is 0 Å². The molecule has 9 heteroatoms. The molecule has 9 nitrogen and oxygen atoms in total. The van der Waals surface area contributed by atoms with E-state index >= 15 is 0 Å². The Morgan fingerprint density at radius 2 is 2.04 bits per heavy atom. The molecule has 1 fully saturated rings. The fourth-order valence-electron chi connectivity index (χ4n) is 2.79. The van der Waals surface area contributed by atoms with E-state index in [-0.39, 0.29) is 0 Å². The molecule has 4 rings (SSSR count). The zero-order valence-electron chi connectivity index (χ0n) is 14.0. The van der Waals surface area contributed by atoms with Gasteiger partial charge in [0.05, 0.1) is 31.1 Å². The molecule has 0 atom stereocenters. The van der Waals surface area contributed by atoms with E-state index in [4.69, 9.17) is 4.74 Å². The van der Waals surface area contributed by atoms with Crippen LogP contribution < -0.4 is 10.2 Å². The zero-order valence-corrected chi connectivity index (χ0v) is 14.0. The molecule has 0 bridgehead atoms. The molecule has 0 spiro atoms. The molecule has 1 aliphatic rings. The SMILES string of the molecule is Cn1nc(NCc2cc(-c3ccncc3)n[nH]2)nc1N1CCOCC1. The number of aryl methyl sites for hydroxylation is 1. The first kappa shape index (κ1) is 15.6. The highest BCUT2D eigenvalue weighted by Crippen LogP contribution is 2.18. The quantitative estimate of drug-likeness (QED) is 0.716. The van der Waals surface area contributed by atoms with Crippen LogP contribution in [0.15, 0.2) is 30.6 Å². The van der Waals surface area contributed by atoms with Gasteiger partial charge in [-0.1, -0.05) is 0 Å². The van der Waals surface area contributed by atoms with Crippen LogP contribution in [0.1, 0.15) is 5.69 Å². The van der Waals surface area contributed by atoms with Gasteiger partial charge in [-0.25, -0.2) is 4.68 Å². The predicted molar refractivity (Wildman–Crippen MR) is 93.2 cm³/mol. The second-order valence-electron chi connectivity index (χ2n) is 5.83. The molecule has 4 heterocycles. The van der Waals surface area contributed by atoms with Crippen molar-refractivity contribution in [2.75, 3.05) is 36.5 Å². The summed E-state index contributed by atoms with van der Waals surface area (Å²) in [4.78, 5) is 10.8. The minimum absolute atomic E-state index is 0.574.